The van der Waals surface area contributed by atoms with Crippen molar-refractivity contribution in [3.8, 4) is 5.75 Å². The lowest BCUT2D eigenvalue weighted by Crippen LogP contribution is -2.28. The summed E-state index contributed by atoms with van der Waals surface area (Å²) >= 11 is 1.62. The maximum atomic E-state index is 11.9. The maximum absolute atomic E-state index is 11.9. The fraction of sp³-hybridized carbons (Fsp3) is 0.421. The van der Waals surface area contributed by atoms with Crippen molar-refractivity contribution >= 4 is 17.7 Å². The van der Waals surface area contributed by atoms with Crippen molar-refractivity contribution in [2.45, 2.75) is 33.2 Å². The zero-order chi connectivity index (χ0) is 17.4. The lowest BCUT2D eigenvalue weighted by molar-refractivity contribution is -0.119. The Balaban J connectivity index is 1.59. The molecule has 1 heterocycles. The van der Waals surface area contributed by atoms with Crippen LogP contribution in [0.15, 0.2) is 41.0 Å². The van der Waals surface area contributed by atoms with Crippen LogP contribution in [0.1, 0.15) is 36.3 Å². The van der Waals surface area contributed by atoms with Crippen LogP contribution in [0.3, 0.4) is 0 Å². The number of rotatable bonds is 9. The Hall–Kier alpha value is -1.88. The number of thioether (sulfide) groups is 1. The van der Waals surface area contributed by atoms with Gasteiger partial charge in [-0.3, -0.25) is 4.79 Å². The summed E-state index contributed by atoms with van der Waals surface area (Å²) in [6, 6.07) is 9.74. The van der Waals surface area contributed by atoms with E-state index in [-0.39, 0.29) is 11.9 Å². The molecule has 2 rings (SSSR count). The number of hydrogen-bond acceptors (Lipinski definition) is 4. The highest BCUT2D eigenvalue weighted by Crippen LogP contribution is 2.22. The minimum absolute atomic E-state index is 0.0274. The van der Waals surface area contributed by atoms with Gasteiger partial charge in [-0.1, -0.05) is 18.2 Å². The molecule has 0 aliphatic rings. The Labute approximate surface area is 148 Å². The topological polar surface area (TPSA) is 51.5 Å². The summed E-state index contributed by atoms with van der Waals surface area (Å²) in [6.07, 6.45) is 2.53. The standard InChI is InChI=1S/C19H25NO3S/c1-14-7-4-8-15(2)19(14)23-11-6-12-24-13-18(21)20-16(3)17-9-5-10-22-17/h4-5,7-10,16H,6,11-13H2,1-3H3,(H,20,21). The third kappa shape index (κ3) is 5.64. The number of benzene rings is 1. The minimum Gasteiger partial charge on any atom is -0.493 e. The van der Waals surface area contributed by atoms with Crippen molar-refractivity contribution in [1.82, 2.24) is 5.32 Å². The van der Waals surface area contributed by atoms with Crippen molar-refractivity contribution in [3.63, 3.8) is 0 Å². The van der Waals surface area contributed by atoms with E-state index in [2.05, 4.69) is 31.3 Å². The van der Waals surface area contributed by atoms with Gasteiger partial charge in [-0.05, 0) is 56.2 Å². The smallest absolute Gasteiger partial charge is 0.230 e. The summed E-state index contributed by atoms with van der Waals surface area (Å²) in [4.78, 5) is 11.9. The molecule has 0 bridgehead atoms. The van der Waals surface area contributed by atoms with Gasteiger partial charge in [0.1, 0.15) is 11.5 Å². The van der Waals surface area contributed by atoms with Gasteiger partial charge in [0, 0.05) is 0 Å². The van der Waals surface area contributed by atoms with Crippen molar-refractivity contribution < 1.29 is 13.9 Å². The van der Waals surface area contributed by atoms with E-state index in [1.807, 2.05) is 25.1 Å². The van der Waals surface area contributed by atoms with Crippen molar-refractivity contribution in [2.24, 2.45) is 0 Å². The van der Waals surface area contributed by atoms with Gasteiger partial charge in [-0.2, -0.15) is 11.8 Å². The van der Waals surface area contributed by atoms with Gasteiger partial charge >= 0.3 is 0 Å². The second-order valence-corrected chi connectivity index (χ2v) is 6.89. The molecule has 1 aromatic carbocycles. The van der Waals surface area contributed by atoms with Crippen LogP contribution in [-0.2, 0) is 4.79 Å². The number of nitrogens with one attached hydrogen (secondary N) is 1. The monoisotopic (exact) mass is 347 g/mol. The van der Waals surface area contributed by atoms with E-state index < -0.39 is 0 Å². The third-order valence-corrected chi connectivity index (χ3v) is 4.71. The molecule has 24 heavy (non-hydrogen) atoms. The molecule has 0 saturated heterocycles. The Morgan fingerprint density at radius 2 is 2.00 bits per heavy atom. The van der Waals surface area contributed by atoms with Crippen LogP contribution in [0.25, 0.3) is 0 Å². The Bertz CT molecular complexity index is 620. The maximum Gasteiger partial charge on any atom is 0.230 e. The van der Waals surface area contributed by atoms with E-state index in [0.717, 1.165) is 34.8 Å². The van der Waals surface area contributed by atoms with Crippen LogP contribution in [-0.4, -0.2) is 24.0 Å². The van der Waals surface area contributed by atoms with E-state index in [4.69, 9.17) is 9.15 Å². The first kappa shape index (κ1) is 18.5. The van der Waals surface area contributed by atoms with Gasteiger partial charge < -0.3 is 14.5 Å². The highest BCUT2D eigenvalue weighted by atomic mass is 32.2. The number of carbonyl (C=O) groups excluding carboxylic acids is 1. The molecule has 130 valence electrons. The van der Waals surface area contributed by atoms with Crippen molar-refractivity contribution in [3.05, 3.63) is 53.5 Å². The predicted molar refractivity (Wildman–Crippen MR) is 98.6 cm³/mol. The van der Waals surface area contributed by atoms with Crippen molar-refractivity contribution in [2.75, 3.05) is 18.1 Å². The van der Waals surface area contributed by atoms with Gasteiger partial charge in [0.05, 0.1) is 24.7 Å². The summed E-state index contributed by atoms with van der Waals surface area (Å²) in [5.41, 5.74) is 2.32. The first-order valence-corrected chi connectivity index (χ1v) is 9.33. The molecule has 1 N–H and O–H groups in total. The summed E-state index contributed by atoms with van der Waals surface area (Å²) in [6.45, 7) is 6.70. The number of amides is 1. The summed E-state index contributed by atoms with van der Waals surface area (Å²) in [5, 5.41) is 2.93. The number of aryl methyl sites for hydroxylation is 2. The molecule has 5 heteroatoms. The first-order valence-electron chi connectivity index (χ1n) is 8.17. The fourth-order valence-corrected chi connectivity index (χ4v) is 3.15. The van der Waals surface area contributed by atoms with Crippen LogP contribution in [0.2, 0.25) is 0 Å². The zero-order valence-electron chi connectivity index (χ0n) is 14.5. The SMILES string of the molecule is Cc1cccc(C)c1OCCCSCC(=O)NC(C)c1ccco1. The number of hydrogen-bond donors (Lipinski definition) is 1. The second kappa shape index (κ2) is 9.42. The molecule has 0 saturated carbocycles. The van der Waals surface area contributed by atoms with Crippen LogP contribution in [0.5, 0.6) is 5.75 Å². The molecule has 1 atom stereocenters. The summed E-state index contributed by atoms with van der Waals surface area (Å²) < 4.78 is 11.1. The van der Waals surface area contributed by atoms with E-state index in [1.54, 1.807) is 18.0 Å². The minimum atomic E-state index is -0.0968. The molecular formula is C19H25NO3S. The Kier molecular flexibility index (Phi) is 7.25. The van der Waals surface area contributed by atoms with Crippen LogP contribution in [0.4, 0.5) is 0 Å². The van der Waals surface area contributed by atoms with Gasteiger partial charge in [0.2, 0.25) is 5.91 Å². The first-order chi connectivity index (χ1) is 11.6. The number of furan rings is 1. The molecule has 0 aliphatic heterocycles. The van der Waals surface area contributed by atoms with Crippen LogP contribution < -0.4 is 10.1 Å². The second-order valence-electron chi connectivity index (χ2n) is 5.78. The average molecular weight is 347 g/mol. The number of para-hydroxylation sites is 1. The quantitative estimate of drug-likeness (QED) is 0.688. The molecule has 0 aliphatic carbocycles. The lowest BCUT2D eigenvalue weighted by atomic mass is 10.1. The molecule has 0 radical (unpaired) electrons. The molecule has 1 aromatic heterocycles. The Morgan fingerprint density at radius 3 is 2.67 bits per heavy atom. The molecule has 0 fully saturated rings. The summed E-state index contributed by atoms with van der Waals surface area (Å²) in [7, 11) is 0. The molecule has 2 aromatic rings. The fourth-order valence-electron chi connectivity index (χ4n) is 2.42. The molecule has 4 nitrogen and oxygen atoms in total. The highest BCUT2D eigenvalue weighted by Gasteiger charge is 2.11. The average Bonchev–Trinajstić information content (AvgIpc) is 3.07. The summed E-state index contributed by atoms with van der Waals surface area (Å²) in [5.74, 6) is 3.13. The van der Waals surface area contributed by atoms with Gasteiger partial charge in [-0.25, -0.2) is 0 Å². The molecule has 0 spiro atoms. The number of carbonyl (C=O) groups is 1. The zero-order valence-corrected chi connectivity index (χ0v) is 15.3. The molecule has 1 unspecified atom stereocenters. The van der Waals surface area contributed by atoms with Crippen molar-refractivity contribution in [1.29, 1.82) is 0 Å². The van der Waals surface area contributed by atoms with E-state index in [0.29, 0.717) is 12.4 Å². The van der Waals surface area contributed by atoms with Gasteiger partial charge in [0.15, 0.2) is 0 Å². The highest BCUT2D eigenvalue weighted by molar-refractivity contribution is 7.99. The lowest BCUT2D eigenvalue weighted by Gasteiger charge is -2.12. The number of ether oxygens (including phenoxy) is 1. The van der Waals surface area contributed by atoms with Gasteiger partial charge in [0.25, 0.3) is 0 Å². The van der Waals surface area contributed by atoms with Gasteiger partial charge in [-0.15, -0.1) is 0 Å². The Morgan fingerprint density at radius 1 is 1.25 bits per heavy atom. The van der Waals surface area contributed by atoms with Crippen LogP contribution >= 0.6 is 11.8 Å². The molecular weight excluding hydrogens is 322 g/mol. The van der Waals surface area contributed by atoms with E-state index in [9.17, 15) is 4.79 Å². The third-order valence-electron chi connectivity index (χ3n) is 3.67. The van der Waals surface area contributed by atoms with E-state index >= 15 is 0 Å². The van der Waals surface area contributed by atoms with E-state index in [1.165, 1.54) is 0 Å². The normalized spacial score (nSPS) is 12.0. The largest absolute Gasteiger partial charge is 0.493 e. The predicted octanol–water partition coefficient (Wildman–Crippen LogP) is 4.28. The van der Waals surface area contributed by atoms with Crippen LogP contribution in [0, 0.1) is 13.8 Å². The molecule has 1 amide bonds.